The molecule has 0 bridgehead atoms. The molecular formula is C16H29N3. The summed E-state index contributed by atoms with van der Waals surface area (Å²) in [6.45, 7) is 11.1. The summed E-state index contributed by atoms with van der Waals surface area (Å²) in [4.78, 5) is 4.92. The molecule has 0 atom stereocenters. The van der Waals surface area contributed by atoms with Crippen molar-refractivity contribution in [2.75, 3.05) is 5.73 Å². The van der Waals surface area contributed by atoms with Crippen LogP contribution in [0.5, 0.6) is 0 Å². The first-order chi connectivity index (χ1) is 8.91. The molecule has 1 aromatic heterocycles. The zero-order chi connectivity index (χ0) is 14.2. The molecule has 1 aromatic rings. The fourth-order valence-electron chi connectivity index (χ4n) is 3.27. The van der Waals surface area contributed by atoms with E-state index in [1.54, 1.807) is 0 Å². The Morgan fingerprint density at radius 3 is 2.11 bits per heavy atom. The van der Waals surface area contributed by atoms with Crippen molar-refractivity contribution in [1.82, 2.24) is 9.55 Å². The second-order valence-electron chi connectivity index (χ2n) is 6.82. The first-order valence-corrected chi connectivity index (χ1v) is 7.79. The van der Waals surface area contributed by atoms with Gasteiger partial charge in [-0.15, -0.1) is 0 Å². The fraction of sp³-hybridized carbons (Fsp3) is 0.812. The molecule has 2 rings (SSSR count). The third-order valence-corrected chi connectivity index (χ3v) is 4.44. The Bertz CT molecular complexity index is 423. The lowest BCUT2D eigenvalue weighted by molar-refractivity contribution is 0.345. The van der Waals surface area contributed by atoms with Gasteiger partial charge in [-0.1, -0.05) is 33.6 Å². The zero-order valence-corrected chi connectivity index (χ0v) is 13.1. The van der Waals surface area contributed by atoms with Gasteiger partial charge in [-0.2, -0.15) is 0 Å². The van der Waals surface area contributed by atoms with Gasteiger partial charge in [0.25, 0.3) is 0 Å². The highest BCUT2D eigenvalue weighted by molar-refractivity contribution is 5.42. The number of rotatable bonds is 3. The summed E-state index contributed by atoms with van der Waals surface area (Å²) in [7, 11) is 0. The van der Waals surface area contributed by atoms with Gasteiger partial charge in [-0.3, -0.25) is 0 Å². The number of aromatic nitrogens is 2. The van der Waals surface area contributed by atoms with E-state index < -0.39 is 0 Å². The molecule has 2 N–H and O–H groups in total. The largest absolute Gasteiger partial charge is 0.384 e. The highest BCUT2D eigenvalue weighted by atomic mass is 15.2. The number of hydrogen-bond acceptors (Lipinski definition) is 2. The standard InChI is InChI=1S/C16H29N3/c1-10(2)16-18-14(15(17)19(16)11(3)4)13-8-6-12(5)7-9-13/h10-13H,6-9,17H2,1-5H3. The van der Waals surface area contributed by atoms with Crippen LogP contribution < -0.4 is 5.73 Å². The van der Waals surface area contributed by atoms with E-state index in [1.807, 2.05) is 0 Å². The SMILES string of the molecule is CC1CCC(c2nc(C(C)C)n(C(C)C)c2N)CC1. The molecule has 0 aliphatic heterocycles. The van der Waals surface area contributed by atoms with Crippen LogP contribution >= 0.6 is 0 Å². The van der Waals surface area contributed by atoms with Gasteiger partial charge in [-0.25, -0.2) is 4.98 Å². The number of hydrogen-bond donors (Lipinski definition) is 1. The molecule has 3 nitrogen and oxygen atoms in total. The number of nitrogen functional groups attached to an aromatic ring is 1. The van der Waals surface area contributed by atoms with Crippen LogP contribution in [0.3, 0.4) is 0 Å². The molecule has 0 spiro atoms. The van der Waals surface area contributed by atoms with Crippen molar-refractivity contribution in [3.05, 3.63) is 11.5 Å². The molecule has 19 heavy (non-hydrogen) atoms. The van der Waals surface area contributed by atoms with Crippen molar-refractivity contribution in [3.8, 4) is 0 Å². The van der Waals surface area contributed by atoms with Gasteiger partial charge in [0, 0.05) is 17.9 Å². The van der Waals surface area contributed by atoms with Gasteiger partial charge in [0.1, 0.15) is 11.6 Å². The number of nitrogens with zero attached hydrogens (tertiary/aromatic N) is 2. The van der Waals surface area contributed by atoms with Gasteiger partial charge < -0.3 is 10.3 Å². The maximum Gasteiger partial charge on any atom is 0.127 e. The predicted molar refractivity (Wildman–Crippen MR) is 81.5 cm³/mol. The molecule has 1 aliphatic rings. The molecule has 108 valence electrons. The number of anilines is 1. The second kappa shape index (κ2) is 5.56. The third kappa shape index (κ3) is 2.80. The van der Waals surface area contributed by atoms with E-state index in [4.69, 9.17) is 10.7 Å². The van der Waals surface area contributed by atoms with E-state index in [2.05, 4.69) is 39.2 Å². The summed E-state index contributed by atoms with van der Waals surface area (Å²) < 4.78 is 2.23. The normalized spacial score (nSPS) is 24.4. The molecule has 0 unspecified atom stereocenters. The zero-order valence-electron chi connectivity index (χ0n) is 13.1. The Labute approximate surface area is 117 Å². The van der Waals surface area contributed by atoms with Crippen molar-refractivity contribution in [1.29, 1.82) is 0 Å². The molecule has 1 heterocycles. The van der Waals surface area contributed by atoms with Gasteiger partial charge in [0.15, 0.2) is 0 Å². The van der Waals surface area contributed by atoms with E-state index in [0.717, 1.165) is 17.6 Å². The molecule has 1 fully saturated rings. The van der Waals surface area contributed by atoms with E-state index >= 15 is 0 Å². The van der Waals surface area contributed by atoms with Crippen molar-refractivity contribution < 1.29 is 0 Å². The summed E-state index contributed by atoms with van der Waals surface area (Å²) in [5.74, 6) is 3.95. The smallest absolute Gasteiger partial charge is 0.127 e. The first-order valence-electron chi connectivity index (χ1n) is 7.79. The van der Waals surface area contributed by atoms with Gasteiger partial charge in [0.2, 0.25) is 0 Å². The van der Waals surface area contributed by atoms with Crippen LogP contribution in [0.2, 0.25) is 0 Å². The predicted octanol–water partition coefficient (Wildman–Crippen LogP) is 4.46. The summed E-state index contributed by atoms with van der Waals surface area (Å²) >= 11 is 0. The van der Waals surface area contributed by atoms with Crippen LogP contribution in [-0.4, -0.2) is 9.55 Å². The number of imidazole rings is 1. The molecule has 0 radical (unpaired) electrons. The summed E-state index contributed by atoms with van der Waals surface area (Å²) in [6.07, 6.45) is 5.13. The molecule has 3 heteroatoms. The summed E-state index contributed by atoms with van der Waals surface area (Å²) in [5, 5.41) is 0. The topological polar surface area (TPSA) is 43.8 Å². The average Bonchev–Trinajstić information content (AvgIpc) is 2.68. The van der Waals surface area contributed by atoms with Gasteiger partial charge in [0.05, 0.1) is 5.69 Å². The molecule has 0 amide bonds. The highest BCUT2D eigenvalue weighted by Crippen LogP contribution is 2.39. The van der Waals surface area contributed by atoms with Crippen molar-refractivity contribution >= 4 is 5.82 Å². The van der Waals surface area contributed by atoms with Gasteiger partial charge in [-0.05, 0) is 32.6 Å². The Morgan fingerprint density at radius 2 is 1.68 bits per heavy atom. The van der Waals surface area contributed by atoms with Crippen LogP contribution in [0.15, 0.2) is 0 Å². The lowest BCUT2D eigenvalue weighted by Crippen LogP contribution is -2.14. The Morgan fingerprint density at radius 1 is 1.11 bits per heavy atom. The number of nitrogens with two attached hydrogens (primary N) is 1. The molecule has 1 aliphatic carbocycles. The molecule has 0 saturated heterocycles. The molecule has 0 aromatic carbocycles. The maximum atomic E-state index is 6.41. The fourth-order valence-corrected chi connectivity index (χ4v) is 3.27. The van der Waals surface area contributed by atoms with Crippen molar-refractivity contribution in [2.45, 2.75) is 78.2 Å². The van der Waals surface area contributed by atoms with Crippen LogP contribution in [-0.2, 0) is 0 Å². The monoisotopic (exact) mass is 263 g/mol. The Hall–Kier alpha value is -0.990. The summed E-state index contributed by atoms with van der Waals surface area (Å²) in [6, 6.07) is 0.390. The summed E-state index contributed by atoms with van der Waals surface area (Å²) in [5.41, 5.74) is 7.58. The average molecular weight is 263 g/mol. The Balaban J connectivity index is 2.33. The van der Waals surface area contributed by atoms with Crippen LogP contribution in [0, 0.1) is 5.92 Å². The van der Waals surface area contributed by atoms with E-state index in [-0.39, 0.29) is 0 Å². The highest BCUT2D eigenvalue weighted by Gasteiger charge is 2.27. The lowest BCUT2D eigenvalue weighted by atomic mass is 9.81. The first kappa shape index (κ1) is 14.4. The third-order valence-electron chi connectivity index (χ3n) is 4.44. The maximum absolute atomic E-state index is 6.41. The van der Waals surface area contributed by atoms with E-state index in [0.29, 0.717) is 17.9 Å². The van der Waals surface area contributed by atoms with Crippen molar-refractivity contribution in [3.63, 3.8) is 0 Å². The van der Waals surface area contributed by atoms with Crippen molar-refractivity contribution in [2.24, 2.45) is 5.92 Å². The lowest BCUT2D eigenvalue weighted by Gasteiger charge is -2.25. The minimum absolute atomic E-state index is 0.390. The van der Waals surface area contributed by atoms with Crippen LogP contribution in [0.1, 0.15) is 89.7 Å². The quantitative estimate of drug-likeness (QED) is 0.874. The molecular weight excluding hydrogens is 234 g/mol. The van der Waals surface area contributed by atoms with Gasteiger partial charge >= 0.3 is 0 Å². The minimum Gasteiger partial charge on any atom is -0.384 e. The molecule has 1 saturated carbocycles. The minimum atomic E-state index is 0.390. The van der Waals surface area contributed by atoms with Crippen LogP contribution in [0.25, 0.3) is 0 Å². The van der Waals surface area contributed by atoms with Crippen LogP contribution in [0.4, 0.5) is 5.82 Å². The van der Waals surface area contributed by atoms with E-state index in [9.17, 15) is 0 Å². The Kier molecular flexibility index (Phi) is 4.22. The second-order valence-corrected chi connectivity index (χ2v) is 6.82. The van der Waals surface area contributed by atoms with E-state index in [1.165, 1.54) is 31.4 Å².